The first kappa shape index (κ1) is 26.3. The fraction of sp³-hybridized carbons (Fsp3) is 0.370. The summed E-state index contributed by atoms with van der Waals surface area (Å²) in [5.74, 6) is 1.47. The number of benzene rings is 2. The highest BCUT2D eigenvalue weighted by molar-refractivity contribution is 7.09. The summed E-state index contributed by atoms with van der Waals surface area (Å²) < 4.78 is 10.4. The second-order valence-electron chi connectivity index (χ2n) is 8.98. The van der Waals surface area contributed by atoms with Crippen LogP contribution in [0, 0.1) is 0 Å². The molecule has 37 heavy (non-hydrogen) atoms. The van der Waals surface area contributed by atoms with Crippen LogP contribution in [0.1, 0.15) is 29.3 Å². The molecule has 4 rings (SSSR count). The molecule has 3 aromatic rings. The van der Waals surface area contributed by atoms with E-state index in [1.54, 1.807) is 48.8 Å². The van der Waals surface area contributed by atoms with E-state index < -0.39 is 0 Å². The quantitative estimate of drug-likeness (QED) is 0.466. The molecular weight excluding hydrogens is 490 g/mol. The van der Waals surface area contributed by atoms with Gasteiger partial charge < -0.3 is 29.5 Å². The van der Waals surface area contributed by atoms with E-state index in [1.165, 1.54) is 11.3 Å². The molecule has 196 valence electrons. The molecule has 1 saturated heterocycles. The molecule has 0 saturated carbocycles. The van der Waals surface area contributed by atoms with Gasteiger partial charge in [0.15, 0.2) is 0 Å². The number of nitrogens with one attached hydrogen (secondary N) is 1. The van der Waals surface area contributed by atoms with Gasteiger partial charge in [-0.1, -0.05) is 0 Å². The van der Waals surface area contributed by atoms with Gasteiger partial charge in [0.05, 0.1) is 20.8 Å². The van der Waals surface area contributed by atoms with Crippen LogP contribution in [0.4, 0.5) is 16.2 Å². The Morgan fingerprint density at radius 1 is 0.973 bits per heavy atom. The lowest BCUT2D eigenvalue weighted by molar-refractivity contribution is 0.0741. The van der Waals surface area contributed by atoms with E-state index in [9.17, 15) is 9.59 Å². The first-order valence-electron chi connectivity index (χ1n) is 12.2. The molecule has 1 aliphatic heterocycles. The molecule has 0 unspecified atom stereocenters. The highest BCUT2D eigenvalue weighted by Gasteiger charge is 2.25. The third kappa shape index (κ3) is 6.51. The van der Waals surface area contributed by atoms with Gasteiger partial charge in [-0.05, 0) is 62.4 Å². The smallest absolute Gasteiger partial charge is 0.322 e. The van der Waals surface area contributed by atoms with Gasteiger partial charge >= 0.3 is 6.03 Å². The minimum atomic E-state index is -0.224. The van der Waals surface area contributed by atoms with Crippen LogP contribution in [0.3, 0.4) is 0 Å². The van der Waals surface area contributed by atoms with Crippen molar-refractivity contribution >= 4 is 34.6 Å². The van der Waals surface area contributed by atoms with Crippen molar-refractivity contribution in [3.05, 3.63) is 64.6 Å². The van der Waals surface area contributed by atoms with Crippen molar-refractivity contribution in [2.75, 3.05) is 50.6 Å². The molecule has 0 spiro atoms. The molecule has 0 atom stereocenters. The molecule has 10 heteroatoms. The third-order valence-corrected chi connectivity index (χ3v) is 7.14. The summed E-state index contributed by atoms with van der Waals surface area (Å²) in [4.78, 5) is 36.5. The SMILES string of the molecule is COc1ccc(NC(=O)N(Cc2nc(C(=O)N3CCN(c4ccc(OC)cc4)CC3)cs2)C(C)C)cc1. The zero-order valence-corrected chi connectivity index (χ0v) is 22.5. The van der Waals surface area contributed by atoms with Crippen LogP contribution in [0.2, 0.25) is 0 Å². The fourth-order valence-corrected chi connectivity index (χ4v) is 4.87. The average molecular weight is 524 g/mol. The molecule has 0 radical (unpaired) electrons. The number of carbonyl (C=O) groups is 2. The monoisotopic (exact) mass is 523 g/mol. The van der Waals surface area contributed by atoms with Crippen LogP contribution in [0.15, 0.2) is 53.9 Å². The Hall–Kier alpha value is -3.79. The van der Waals surface area contributed by atoms with Crippen molar-refractivity contribution in [2.45, 2.75) is 26.4 Å². The molecule has 1 aromatic heterocycles. The number of piperazine rings is 1. The zero-order valence-electron chi connectivity index (χ0n) is 21.6. The number of rotatable bonds is 8. The summed E-state index contributed by atoms with van der Waals surface area (Å²) in [6.07, 6.45) is 0. The van der Waals surface area contributed by atoms with Gasteiger partial charge in [0.1, 0.15) is 22.2 Å². The van der Waals surface area contributed by atoms with E-state index in [-0.39, 0.29) is 18.0 Å². The second-order valence-corrected chi connectivity index (χ2v) is 9.93. The minimum absolute atomic E-state index is 0.0488. The van der Waals surface area contributed by atoms with Crippen molar-refractivity contribution < 1.29 is 19.1 Å². The predicted octanol–water partition coefficient (Wildman–Crippen LogP) is 4.57. The Morgan fingerprint density at radius 3 is 2.14 bits per heavy atom. The average Bonchev–Trinajstić information content (AvgIpc) is 3.40. The maximum atomic E-state index is 13.1. The number of urea groups is 1. The van der Waals surface area contributed by atoms with Crippen molar-refractivity contribution in [2.24, 2.45) is 0 Å². The van der Waals surface area contributed by atoms with Crippen molar-refractivity contribution in [1.29, 1.82) is 0 Å². The fourth-order valence-electron chi connectivity index (χ4n) is 4.11. The number of nitrogens with zero attached hydrogens (tertiary/aromatic N) is 4. The molecule has 2 aromatic carbocycles. The van der Waals surface area contributed by atoms with Crippen molar-refractivity contribution in [3.8, 4) is 11.5 Å². The van der Waals surface area contributed by atoms with Crippen LogP contribution < -0.4 is 19.7 Å². The standard InChI is InChI=1S/C27H33N5O4S/c1-19(2)32(27(34)28-20-5-9-22(35-3)10-6-20)17-25-29-24(18-37-25)26(33)31-15-13-30(14-16-31)21-7-11-23(36-4)12-8-21/h5-12,18-19H,13-17H2,1-4H3,(H,28,34). The molecule has 2 heterocycles. The number of amides is 3. The van der Waals surface area contributed by atoms with E-state index in [0.717, 1.165) is 35.3 Å². The summed E-state index contributed by atoms with van der Waals surface area (Å²) in [5.41, 5.74) is 2.22. The molecule has 0 bridgehead atoms. The molecule has 1 N–H and O–H groups in total. The Balaban J connectivity index is 1.33. The Morgan fingerprint density at radius 2 is 1.57 bits per heavy atom. The highest BCUT2D eigenvalue weighted by Crippen LogP contribution is 2.22. The number of hydrogen-bond acceptors (Lipinski definition) is 7. The first-order chi connectivity index (χ1) is 17.9. The van der Waals surface area contributed by atoms with Crippen molar-refractivity contribution in [3.63, 3.8) is 0 Å². The normalized spacial score (nSPS) is 13.4. The van der Waals surface area contributed by atoms with Crippen LogP contribution in [0.5, 0.6) is 11.5 Å². The lowest BCUT2D eigenvalue weighted by atomic mass is 10.2. The van der Waals surface area contributed by atoms with E-state index >= 15 is 0 Å². The molecular formula is C27H33N5O4S. The zero-order chi connectivity index (χ0) is 26.4. The predicted molar refractivity (Wildman–Crippen MR) is 146 cm³/mol. The van der Waals surface area contributed by atoms with Crippen LogP contribution in [-0.4, -0.2) is 73.2 Å². The Bertz CT molecular complexity index is 1190. The molecule has 9 nitrogen and oxygen atoms in total. The summed E-state index contributed by atoms with van der Waals surface area (Å²) >= 11 is 1.40. The molecule has 0 aliphatic carbocycles. The molecule has 1 aliphatic rings. The minimum Gasteiger partial charge on any atom is -0.497 e. The van der Waals surface area contributed by atoms with Crippen molar-refractivity contribution in [1.82, 2.24) is 14.8 Å². The van der Waals surface area contributed by atoms with Crippen LogP contribution in [-0.2, 0) is 6.54 Å². The largest absolute Gasteiger partial charge is 0.497 e. The Labute approximate surface area is 221 Å². The summed E-state index contributed by atoms with van der Waals surface area (Å²) in [7, 11) is 3.25. The first-order valence-corrected chi connectivity index (χ1v) is 13.1. The van der Waals surface area contributed by atoms with E-state index in [0.29, 0.717) is 31.0 Å². The number of thiazole rings is 1. The maximum absolute atomic E-state index is 13.1. The number of carbonyl (C=O) groups excluding carboxylic acids is 2. The number of methoxy groups -OCH3 is 2. The lowest BCUT2D eigenvalue weighted by Gasteiger charge is -2.35. The van der Waals surface area contributed by atoms with E-state index in [4.69, 9.17) is 9.47 Å². The van der Waals surface area contributed by atoms with Gasteiger partial charge in [0.2, 0.25) is 0 Å². The van der Waals surface area contributed by atoms with Crippen LogP contribution in [0.25, 0.3) is 0 Å². The number of aromatic nitrogens is 1. The number of hydrogen-bond donors (Lipinski definition) is 1. The summed E-state index contributed by atoms with van der Waals surface area (Å²) in [6.45, 7) is 6.98. The number of ether oxygens (including phenoxy) is 2. The van der Waals surface area contributed by atoms with Gasteiger partial charge in [-0.25, -0.2) is 9.78 Å². The van der Waals surface area contributed by atoms with Crippen LogP contribution >= 0.6 is 11.3 Å². The summed E-state index contributed by atoms with van der Waals surface area (Å²) in [6, 6.07) is 14.9. The highest BCUT2D eigenvalue weighted by atomic mass is 32.1. The van der Waals surface area contributed by atoms with Gasteiger partial charge in [-0.15, -0.1) is 11.3 Å². The van der Waals surface area contributed by atoms with Gasteiger partial charge in [0, 0.05) is 49.0 Å². The van der Waals surface area contributed by atoms with Gasteiger partial charge in [0.25, 0.3) is 5.91 Å². The van der Waals surface area contributed by atoms with E-state index in [2.05, 4.69) is 15.2 Å². The topological polar surface area (TPSA) is 87.2 Å². The van der Waals surface area contributed by atoms with Gasteiger partial charge in [-0.2, -0.15) is 0 Å². The summed E-state index contributed by atoms with van der Waals surface area (Å²) in [5, 5.41) is 5.43. The van der Waals surface area contributed by atoms with E-state index in [1.807, 2.05) is 43.0 Å². The van der Waals surface area contributed by atoms with Gasteiger partial charge in [-0.3, -0.25) is 4.79 Å². The number of anilines is 2. The molecule has 1 fully saturated rings. The maximum Gasteiger partial charge on any atom is 0.322 e. The second kappa shape index (κ2) is 12.0. The lowest BCUT2D eigenvalue weighted by Crippen LogP contribution is -2.48. The third-order valence-electron chi connectivity index (χ3n) is 6.31. The molecule has 3 amide bonds. The Kier molecular flexibility index (Phi) is 8.50.